The Morgan fingerprint density at radius 2 is 1.96 bits per heavy atom. The lowest BCUT2D eigenvalue weighted by atomic mass is 9.83. The highest BCUT2D eigenvalue weighted by molar-refractivity contribution is 6.30. The number of benzene rings is 2. The minimum atomic E-state index is -1.17. The lowest BCUT2D eigenvalue weighted by molar-refractivity contribution is 0.0693. The Hall–Kier alpha value is -2.50. The van der Waals surface area contributed by atoms with Crippen molar-refractivity contribution in [2.45, 2.75) is 32.4 Å². The van der Waals surface area contributed by atoms with Gasteiger partial charge in [-0.25, -0.2) is 4.79 Å². The van der Waals surface area contributed by atoms with Crippen LogP contribution in [0, 0.1) is 0 Å². The highest BCUT2D eigenvalue weighted by Crippen LogP contribution is 2.50. The molecule has 0 spiro atoms. The van der Waals surface area contributed by atoms with E-state index in [0.29, 0.717) is 10.6 Å². The Balaban J connectivity index is 2.20. The molecule has 0 aliphatic carbocycles. The molecule has 2 N–H and O–H groups in total. The van der Waals surface area contributed by atoms with Gasteiger partial charge in [0.2, 0.25) is 0 Å². The number of anilines is 1. The normalized spacial score (nSPS) is 17.8. The van der Waals surface area contributed by atoms with E-state index in [0.717, 1.165) is 16.9 Å². The van der Waals surface area contributed by atoms with Crippen molar-refractivity contribution in [3.05, 3.63) is 63.8 Å². The van der Waals surface area contributed by atoms with Crippen LogP contribution in [0.2, 0.25) is 5.02 Å². The van der Waals surface area contributed by atoms with Gasteiger partial charge in [-0.05, 0) is 54.5 Å². The molecule has 5 nitrogen and oxygen atoms in total. The first-order chi connectivity index (χ1) is 12.7. The number of nitrogens with zero attached hydrogens (tertiary/aromatic N) is 1. The molecular formula is C21H22ClNO4. The first-order valence-electron chi connectivity index (χ1n) is 8.57. The summed E-state index contributed by atoms with van der Waals surface area (Å²) >= 11 is 6.23. The van der Waals surface area contributed by atoms with Gasteiger partial charge in [0.15, 0.2) is 0 Å². The maximum Gasteiger partial charge on any atom is 0.339 e. The molecule has 3 rings (SSSR count). The molecule has 1 aliphatic heterocycles. The first kappa shape index (κ1) is 19.3. The van der Waals surface area contributed by atoms with E-state index in [1.54, 1.807) is 13.2 Å². The number of halogens is 1. The lowest BCUT2D eigenvalue weighted by Crippen LogP contribution is -2.34. The van der Waals surface area contributed by atoms with Crippen molar-refractivity contribution < 1.29 is 19.7 Å². The fourth-order valence-electron chi connectivity index (χ4n) is 3.51. The zero-order valence-corrected chi connectivity index (χ0v) is 16.4. The van der Waals surface area contributed by atoms with Crippen molar-refractivity contribution in [3.63, 3.8) is 0 Å². The summed E-state index contributed by atoms with van der Waals surface area (Å²) in [5, 5.41) is 19.7. The second kappa shape index (κ2) is 6.91. The average Bonchev–Trinajstić information content (AvgIpc) is 2.83. The third-order valence-electron chi connectivity index (χ3n) is 5.05. The van der Waals surface area contributed by atoms with E-state index >= 15 is 0 Å². The third-order valence-corrected chi connectivity index (χ3v) is 5.29. The van der Waals surface area contributed by atoms with E-state index in [1.165, 1.54) is 12.1 Å². The van der Waals surface area contributed by atoms with Gasteiger partial charge >= 0.3 is 5.97 Å². The molecule has 0 radical (unpaired) electrons. The number of allylic oxidation sites excluding steroid dienone is 1. The highest BCUT2D eigenvalue weighted by atomic mass is 35.5. The number of carboxylic acid groups (broad SMARTS) is 1. The second-order valence-corrected chi connectivity index (χ2v) is 7.54. The molecule has 2 aromatic carbocycles. The number of carbonyl (C=O) groups is 1. The number of phenols is 1. The SMILES string of the molecule is COC(C)N1/C(=C/c2ccc(O)c(C(=O)O)c2)C(C)(C)c2cc(Cl)ccc21. The van der Waals surface area contributed by atoms with Crippen LogP contribution in [0.1, 0.15) is 42.3 Å². The Bertz CT molecular complexity index is 936. The zero-order chi connectivity index (χ0) is 19.9. The summed E-state index contributed by atoms with van der Waals surface area (Å²) in [5.74, 6) is -1.43. The predicted octanol–water partition coefficient (Wildman–Crippen LogP) is 4.87. The van der Waals surface area contributed by atoms with Crippen molar-refractivity contribution in [2.75, 3.05) is 12.0 Å². The van der Waals surface area contributed by atoms with E-state index in [4.69, 9.17) is 16.3 Å². The maximum atomic E-state index is 11.3. The summed E-state index contributed by atoms with van der Waals surface area (Å²) in [5.41, 5.74) is 3.21. The molecule has 1 unspecified atom stereocenters. The summed E-state index contributed by atoms with van der Waals surface area (Å²) in [6.45, 7) is 6.14. The van der Waals surface area contributed by atoms with Gasteiger partial charge in [-0.2, -0.15) is 0 Å². The number of rotatable bonds is 4. The molecule has 0 saturated heterocycles. The zero-order valence-electron chi connectivity index (χ0n) is 15.7. The van der Waals surface area contributed by atoms with Crippen LogP contribution in [-0.2, 0) is 10.2 Å². The molecule has 142 valence electrons. The number of hydrogen-bond acceptors (Lipinski definition) is 4. The van der Waals surface area contributed by atoms with Crippen LogP contribution in [0.15, 0.2) is 42.1 Å². The van der Waals surface area contributed by atoms with Crippen LogP contribution in [-0.4, -0.2) is 29.5 Å². The van der Waals surface area contributed by atoms with Gasteiger partial charge in [0.1, 0.15) is 17.5 Å². The van der Waals surface area contributed by atoms with Crippen LogP contribution in [0.5, 0.6) is 5.75 Å². The van der Waals surface area contributed by atoms with Crippen LogP contribution in [0.3, 0.4) is 0 Å². The lowest BCUT2D eigenvalue weighted by Gasteiger charge is -2.31. The highest BCUT2D eigenvalue weighted by Gasteiger charge is 2.42. The number of ether oxygens (including phenoxy) is 1. The second-order valence-electron chi connectivity index (χ2n) is 7.10. The molecule has 0 fully saturated rings. The van der Waals surface area contributed by atoms with Crippen LogP contribution in [0.25, 0.3) is 6.08 Å². The van der Waals surface area contributed by atoms with E-state index in [1.807, 2.05) is 31.2 Å². The van der Waals surface area contributed by atoms with E-state index in [-0.39, 0.29) is 23.0 Å². The number of carboxylic acids is 1. The Morgan fingerprint density at radius 3 is 2.59 bits per heavy atom. The molecule has 1 aliphatic rings. The van der Waals surface area contributed by atoms with Crippen molar-refractivity contribution in [3.8, 4) is 5.75 Å². The number of methoxy groups -OCH3 is 1. The summed E-state index contributed by atoms with van der Waals surface area (Å²) < 4.78 is 5.58. The Morgan fingerprint density at radius 1 is 1.26 bits per heavy atom. The van der Waals surface area contributed by atoms with Crippen molar-refractivity contribution in [1.29, 1.82) is 0 Å². The molecule has 0 saturated carbocycles. The van der Waals surface area contributed by atoms with Crippen LogP contribution < -0.4 is 4.90 Å². The van der Waals surface area contributed by atoms with Gasteiger partial charge in [0.25, 0.3) is 0 Å². The Labute approximate surface area is 163 Å². The van der Waals surface area contributed by atoms with E-state index in [9.17, 15) is 15.0 Å². The van der Waals surface area contributed by atoms with Crippen molar-refractivity contribution in [1.82, 2.24) is 0 Å². The average molecular weight is 388 g/mol. The van der Waals surface area contributed by atoms with E-state index < -0.39 is 5.97 Å². The van der Waals surface area contributed by atoms with Gasteiger partial charge in [-0.3, -0.25) is 0 Å². The molecule has 1 atom stereocenters. The number of fused-ring (bicyclic) bond motifs is 1. The third kappa shape index (κ3) is 3.29. The molecule has 27 heavy (non-hydrogen) atoms. The van der Waals surface area contributed by atoms with Crippen molar-refractivity contribution >= 4 is 29.3 Å². The largest absolute Gasteiger partial charge is 0.507 e. The van der Waals surface area contributed by atoms with Gasteiger partial charge in [-0.15, -0.1) is 0 Å². The number of aromatic carboxylic acids is 1. The number of aromatic hydroxyl groups is 1. The molecule has 0 aromatic heterocycles. The van der Waals surface area contributed by atoms with E-state index in [2.05, 4.69) is 18.7 Å². The van der Waals surface area contributed by atoms with Gasteiger partial charge in [0, 0.05) is 28.9 Å². The maximum absolute atomic E-state index is 11.3. The summed E-state index contributed by atoms with van der Waals surface area (Å²) in [4.78, 5) is 13.4. The Kier molecular flexibility index (Phi) is 4.93. The molecule has 0 amide bonds. The molecule has 2 aromatic rings. The minimum absolute atomic E-state index is 0.132. The monoisotopic (exact) mass is 387 g/mol. The summed E-state index contributed by atoms with van der Waals surface area (Å²) in [6, 6.07) is 10.3. The van der Waals surface area contributed by atoms with Crippen LogP contribution >= 0.6 is 11.6 Å². The first-order valence-corrected chi connectivity index (χ1v) is 8.95. The predicted molar refractivity (Wildman–Crippen MR) is 106 cm³/mol. The fourth-order valence-corrected chi connectivity index (χ4v) is 3.68. The van der Waals surface area contributed by atoms with Gasteiger partial charge in [-0.1, -0.05) is 31.5 Å². The van der Waals surface area contributed by atoms with Gasteiger partial charge < -0.3 is 19.8 Å². The molecule has 6 heteroatoms. The number of hydrogen-bond donors (Lipinski definition) is 2. The molecule has 1 heterocycles. The summed E-state index contributed by atoms with van der Waals surface area (Å²) in [7, 11) is 1.65. The quantitative estimate of drug-likeness (QED) is 0.782. The van der Waals surface area contributed by atoms with Crippen molar-refractivity contribution in [2.24, 2.45) is 0 Å². The molecular weight excluding hydrogens is 366 g/mol. The fraction of sp³-hybridized carbons (Fsp3) is 0.286. The standard InChI is InChI=1S/C21H22ClNO4/c1-12(27-4)23-17-7-6-14(22)11-16(17)21(2,3)19(23)10-13-5-8-18(24)15(9-13)20(25)26/h5-12,24H,1-4H3,(H,25,26)/b19-10+. The van der Waals surface area contributed by atoms with Gasteiger partial charge in [0.05, 0.1) is 0 Å². The molecule has 0 bridgehead atoms. The summed E-state index contributed by atoms with van der Waals surface area (Å²) in [6.07, 6.45) is 1.70. The minimum Gasteiger partial charge on any atom is -0.507 e. The van der Waals surface area contributed by atoms with Crippen LogP contribution in [0.4, 0.5) is 5.69 Å². The smallest absolute Gasteiger partial charge is 0.339 e. The topological polar surface area (TPSA) is 70.0 Å².